The first-order valence-electron chi connectivity index (χ1n) is 26.4. The second-order valence-electron chi connectivity index (χ2n) is 19.2. The van der Waals surface area contributed by atoms with Gasteiger partial charge < -0.3 is 29.3 Å². The molecule has 26 nitrogen and oxygen atoms in total. The fourth-order valence-corrected chi connectivity index (χ4v) is 10.9. The van der Waals surface area contributed by atoms with Crippen LogP contribution in [0.2, 0.25) is 0 Å². The van der Waals surface area contributed by atoms with Crippen LogP contribution in [0, 0.1) is 65.2 Å². The molecule has 0 aliphatic carbocycles. The molecular formula is C55H49F6N13O13S2. The topological polar surface area (TPSA) is 346 Å². The van der Waals surface area contributed by atoms with Crippen molar-refractivity contribution < 1.29 is 72.5 Å². The fraction of sp³-hybridized carbons (Fsp3) is 0.236. The zero-order chi connectivity index (χ0) is 64.5. The van der Waals surface area contributed by atoms with Crippen LogP contribution in [-0.2, 0) is 25.6 Å². The van der Waals surface area contributed by atoms with Gasteiger partial charge in [-0.05, 0) is 85.6 Å². The van der Waals surface area contributed by atoms with E-state index in [0.717, 1.165) is 48.4 Å². The van der Waals surface area contributed by atoms with Crippen molar-refractivity contribution in [1.82, 2.24) is 14.7 Å². The normalized spacial score (nSPS) is 14.3. The Hall–Kier alpha value is -10.2. The molecule has 0 saturated carbocycles. The van der Waals surface area contributed by atoms with Crippen molar-refractivity contribution in [2.75, 3.05) is 50.8 Å². The number of aromatic hydroxyl groups is 1. The van der Waals surface area contributed by atoms with Crippen LogP contribution < -0.4 is 14.6 Å². The first kappa shape index (κ1) is 64.8. The number of nitrogens with zero attached hydrogens (tertiary/aromatic N) is 12. The SMILES string of the molecule is CCCS(=O)(=O)Cc1ccc([N+](=O)[O-])c(Oc2ccc3c(c2)C2=NCCN2C=N3)c1F.CCCS(N)(=O)=O.O=[N+]([O-])c1ccc(F)c(F)c1F.O=[N+]([O-])c1ccc(F)c(F)c1Oc1ccc2c(c1)C1=NCCN1C=N2.Oc1ccc2c(c1)C1=NCCN1C=N2. The highest BCUT2D eigenvalue weighted by atomic mass is 32.2. The van der Waals surface area contributed by atoms with E-state index in [-0.39, 0.29) is 34.3 Å². The van der Waals surface area contributed by atoms with Crippen LogP contribution >= 0.6 is 0 Å². The van der Waals surface area contributed by atoms with Gasteiger partial charge in [-0.2, -0.15) is 8.78 Å². The zero-order valence-electron chi connectivity index (χ0n) is 46.5. The number of phenolic OH excluding ortho intramolecular Hbond substituents is 1. The minimum Gasteiger partial charge on any atom is -0.508 e. The molecule has 0 fully saturated rings. The minimum absolute atomic E-state index is 0.0903. The number of hydrogen-bond acceptors (Lipinski definition) is 22. The van der Waals surface area contributed by atoms with Gasteiger partial charge in [0.2, 0.25) is 39.0 Å². The smallest absolute Gasteiger partial charge is 0.314 e. The summed E-state index contributed by atoms with van der Waals surface area (Å²) in [6.07, 6.45) is 6.13. The van der Waals surface area contributed by atoms with Crippen molar-refractivity contribution in [3.8, 4) is 28.7 Å². The number of phenols is 1. The van der Waals surface area contributed by atoms with Gasteiger partial charge in [-0.1, -0.05) is 13.8 Å². The second-order valence-corrected chi connectivity index (χ2v) is 23.1. The van der Waals surface area contributed by atoms with Gasteiger partial charge in [0.05, 0.1) is 87.7 Å². The molecule has 6 heterocycles. The van der Waals surface area contributed by atoms with Crippen molar-refractivity contribution in [2.45, 2.75) is 32.4 Å². The molecule has 6 aromatic rings. The summed E-state index contributed by atoms with van der Waals surface area (Å²) in [5.41, 5.74) is 1.93. The molecule has 0 saturated heterocycles. The van der Waals surface area contributed by atoms with E-state index in [0.29, 0.717) is 91.4 Å². The van der Waals surface area contributed by atoms with Gasteiger partial charge in [0, 0.05) is 60.1 Å². The molecule has 0 spiro atoms. The molecule has 34 heteroatoms. The number of sulfonamides is 1. The molecule has 6 aliphatic heterocycles. The van der Waals surface area contributed by atoms with Crippen molar-refractivity contribution in [1.29, 1.82) is 0 Å². The van der Waals surface area contributed by atoms with Crippen molar-refractivity contribution in [3.63, 3.8) is 0 Å². The maximum Gasteiger partial charge on any atom is 0.314 e. The number of rotatable bonds is 13. The lowest BCUT2D eigenvalue weighted by Crippen LogP contribution is -2.29. The molecule has 466 valence electrons. The second kappa shape index (κ2) is 27.6. The first-order chi connectivity index (χ1) is 42.3. The number of hydrogen-bond donors (Lipinski definition) is 2. The van der Waals surface area contributed by atoms with Gasteiger partial charge in [-0.25, -0.2) is 54.5 Å². The Morgan fingerprint density at radius 2 is 0.933 bits per heavy atom. The fourth-order valence-electron chi connectivity index (χ4n) is 8.89. The van der Waals surface area contributed by atoms with E-state index in [1.54, 1.807) is 75.3 Å². The highest BCUT2D eigenvalue weighted by Crippen LogP contribution is 2.40. The highest BCUT2D eigenvalue weighted by Gasteiger charge is 2.31. The summed E-state index contributed by atoms with van der Waals surface area (Å²) < 4.78 is 135. The van der Waals surface area contributed by atoms with Gasteiger partial charge in [0.15, 0.2) is 27.3 Å². The summed E-state index contributed by atoms with van der Waals surface area (Å²) in [4.78, 5) is 61.5. The summed E-state index contributed by atoms with van der Waals surface area (Å²) in [6, 6.07) is 19.4. The van der Waals surface area contributed by atoms with Crippen molar-refractivity contribution in [2.24, 2.45) is 35.1 Å². The number of nitrogens with two attached hydrogens (primary N) is 1. The van der Waals surface area contributed by atoms with Gasteiger partial charge in [-0.3, -0.25) is 45.3 Å². The zero-order valence-corrected chi connectivity index (χ0v) is 48.2. The van der Waals surface area contributed by atoms with E-state index in [1.165, 1.54) is 12.1 Å². The summed E-state index contributed by atoms with van der Waals surface area (Å²) >= 11 is 0. The molecule has 0 atom stereocenters. The van der Waals surface area contributed by atoms with Crippen LogP contribution in [0.3, 0.4) is 0 Å². The number of fused-ring (bicyclic) bond motifs is 9. The van der Waals surface area contributed by atoms with E-state index in [4.69, 9.17) is 9.47 Å². The number of ether oxygens (including phenoxy) is 2. The molecule has 12 rings (SSSR count). The number of nitro benzene ring substituents is 3. The maximum atomic E-state index is 15.2. The highest BCUT2D eigenvalue weighted by molar-refractivity contribution is 7.90. The molecule has 0 radical (unpaired) electrons. The molecule has 3 N–H and O–H groups in total. The molecule has 0 aromatic heterocycles. The lowest BCUT2D eigenvalue weighted by Gasteiger charge is -2.21. The minimum atomic E-state index is -3.55. The first-order valence-corrected chi connectivity index (χ1v) is 29.9. The Bertz CT molecular complexity index is 4230. The number of sulfone groups is 1. The number of benzene rings is 6. The number of amidine groups is 3. The Morgan fingerprint density at radius 3 is 1.36 bits per heavy atom. The van der Waals surface area contributed by atoms with E-state index in [9.17, 15) is 74.2 Å². The molecule has 0 amide bonds. The van der Waals surface area contributed by atoms with Crippen LogP contribution in [-0.4, -0.2) is 139 Å². The number of halogens is 6. The third kappa shape index (κ3) is 15.5. The summed E-state index contributed by atoms with van der Waals surface area (Å²) in [5, 5.41) is 46.5. The molecule has 6 aliphatic rings. The van der Waals surface area contributed by atoms with E-state index in [1.807, 2.05) is 14.7 Å². The molecular weight excluding hydrogens is 1230 g/mol. The Morgan fingerprint density at radius 1 is 0.528 bits per heavy atom. The lowest BCUT2D eigenvalue weighted by atomic mass is 10.1. The lowest BCUT2D eigenvalue weighted by molar-refractivity contribution is -0.387. The summed E-state index contributed by atoms with van der Waals surface area (Å²) in [7, 11) is -6.73. The predicted octanol–water partition coefficient (Wildman–Crippen LogP) is 9.81. The molecule has 6 aromatic carbocycles. The number of primary sulfonamides is 1. The summed E-state index contributed by atoms with van der Waals surface area (Å²) in [5.74, 6) is -7.88. The van der Waals surface area contributed by atoms with Gasteiger partial charge >= 0.3 is 17.1 Å². The van der Waals surface area contributed by atoms with Crippen LogP contribution in [0.15, 0.2) is 121 Å². The van der Waals surface area contributed by atoms with Crippen LogP contribution in [0.4, 0.5) is 60.5 Å². The van der Waals surface area contributed by atoms with Crippen molar-refractivity contribution in [3.05, 3.63) is 178 Å². The summed E-state index contributed by atoms with van der Waals surface area (Å²) in [6.45, 7) is 7.78. The van der Waals surface area contributed by atoms with Crippen LogP contribution in [0.25, 0.3) is 0 Å². The third-order valence-corrected chi connectivity index (χ3v) is 15.6. The standard InChI is InChI=1S/C20H19FN4O5S.C16H10F2N4O3.C10H9N3O.C6H2F3NO2.C3H9NO2S/c1-2-9-31(28,29)11-13-3-6-17(25(26)27)19(18(13)21)30-14-4-5-16-15(10-14)20-22-7-8-24(20)12-23-16;17-11-2-4-13(22(23)24)15(14(11)18)25-9-1-3-12-10(7-9)16-19-5-6-21(16)8-20-12;14-7-1-2-9-8(5-7)10-11-3-4-13(10)6-12-9;7-3-1-2-4(10(11)12)6(9)5(3)8;1-2-3-7(4,5)6/h3-6,10,12H,2,7-9,11H2,1H3;1-4,7-8H,5-6H2;1-2,5-6,14H,3-4H2;1-2H;2-3H2,1H3,(H2,4,5,6). The Kier molecular flexibility index (Phi) is 20.1. The maximum absolute atomic E-state index is 15.2. The van der Waals surface area contributed by atoms with Gasteiger partial charge in [0.25, 0.3) is 0 Å². The molecule has 0 unspecified atom stereocenters. The van der Waals surface area contributed by atoms with Crippen LogP contribution in [0.5, 0.6) is 28.7 Å². The molecule has 0 bridgehead atoms. The quantitative estimate of drug-likeness (QED) is 0.0470. The number of aliphatic imine (C=N–C) groups is 6. The van der Waals surface area contributed by atoms with E-state index >= 15 is 4.39 Å². The largest absolute Gasteiger partial charge is 0.508 e. The van der Waals surface area contributed by atoms with Crippen molar-refractivity contribution >= 4 is 90.5 Å². The molecule has 89 heavy (non-hydrogen) atoms. The number of nitro groups is 3. The Labute approximate surface area is 501 Å². The third-order valence-electron chi connectivity index (χ3n) is 12.9. The van der Waals surface area contributed by atoms with Crippen LogP contribution in [0.1, 0.15) is 48.9 Å². The predicted molar refractivity (Wildman–Crippen MR) is 315 cm³/mol. The van der Waals surface area contributed by atoms with E-state index < -0.39 is 104 Å². The van der Waals surface area contributed by atoms with E-state index in [2.05, 4.69) is 35.1 Å². The van der Waals surface area contributed by atoms with Gasteiger partial charge in [-0.15, -0.1) is 0 Å². The monoisotopic (exact) mass is 1280 g/mol. The van der Waals surface area contributed by atoms with Gasteiger partial charge in [0.1, 0.15) is 34.8 Å². The Balaban J connectivity index is 0.000000156. The average molecular weight is 1280 g/mol. The average Bonchev–Trinajstić information content (AvgIpc) is 3.09.